The van der Waals surface area contributed by atoms with Crippen LogP contribution >= 0.6 is 0 Å². The standard InChI is InChI=1S/C18H19N3O/c1-14-18(19-12-15-8-10-17(22)11-9-15)13-21(20(14)2)16-6-4-3-5-7-16/h3-12,22H,13H2,1-2H3. The van der Waals surface area contributed by atoms with Gasteiger partial charge in [0.25, 0.3) is 0 Å². The first kappa shape index (κ1) is 14.2. The van der Waals surface area contributed by atoms with E-state index in [2.05, 4.69) is 34.1 Å². The summed E-state index contributed by atoms with van der Waals surface area (Å²) < 4.78 is 0. The first-order valence-electron chi connectivity index (χ1n) is 7.24. The Morgan fingerprint density at radius 3 is 2.41 bits per heavy atom. The lowest BCUT2D eigenvalue weighted by Gasteiger charge is -2.29. The van der Waals surface area contributed by atoms with Crippen LogP contribution in [-0.4, -0.2) is 29.9 Å². The second-order valence-electron chi connectivity index (χ2n) is 5.30. The zero-order valence-corrected chi connectivity index (χ0v) is 12.8. The molecule has 4 heteroatoms. The Labute approximate surface area is 130 Å². The third-order valence-electron chi connectivity index (χ3n) is 3.88. The van der Waals surface area contributed by atoms with Gasteiger partial charge in [-0.3, -0.25) is 15.0 Å². The van der Waals surface area contributed by atoms with Crippen molar-refractivity contribution in [2.24, 2.45) is 4.99 Å². The fourth-order valence-corrected chi connectivity index (χ4v) is 2.44. The maximum atomic E-state index is 9.31. The van der Waals surface area contributed by atoms with Gasteiger partial charge in [0.2, 0.25) is 0 Å². The molecule has 1 aliphatic heterocycles. The molecular weight excluding hydrogens is 274 g/mol. The molecule has 0 aliphatic carbocycles. The smallest absolute Gasteiger partial charge is 0.115 e. The third kappa shape index (κ3) is 2.81. The number of para-hydroxylation sites is 1. The second-order valence-corrected chi connectivity index (χ2v) is 5.30. The summed E-state index contributed by atoms with van der Waals surface area (Å²) in [6, 6.07) is 17.3. The highest BCUT2D eigenvalue weighted by atomic mass is 16.3. The first-order valence-corrected chi connectivity index (χ1v) is 7.24. The summed E-state index contributed by atoms with van der Waals surface area (Å²) in [6.07, 6.45) is 1.83. The fraction of sp³-hybridized carbons (Fsp3) is 0.167. The zero-order valence-electron chi connectivity index (χ0n) is 12.8. The number of hydrogen-bond acceptors (Lipinski definition) is 4. The highest BCUT2D eigenvalue weighted by molar-refractivity contribution is 5.80. The molecule has 3 rings (SSSR count). The van der Waals surface area contributed by atoms with E-state index in [0.29, 0.717) is 0 Å². The number of phenolic OH excluding ortho intramolecular Hbond substituents is 1. The number of nitrogens with zero attached hydrogens (tertiary/aromatic N) is 3. The van der Waals surface area contributed by atoms with Crippen molar-refractivity contribution in [3.8, 4) is 5.75 Å². The van der Waals surface area contributed by atoms with Gasteiger partial charge >= 0.3 is 0 Å². The van der Waals surface area contributed by atoms with E-state index in [0.717, 1.165) is 29.2 Å². The minimum absolute atomic E-state index is 0.267. The van der Waals surface area contributed by atoms with Crippen LogP contribution in [0.2, 0.25) is 0 Å². The molecule has 112 valence electrons. The Morgan fingerprint density at radius 1 is 1.05 bits per heavy atom. The Balaban J connectivity index is 1.78. The van der Waals surface area contributed by atoms with Gasteiger partial charge in [-0.1, -0.05) is 18.2 Å². The molecule has 1 heterocycles. The van der Waals surface area contributed by atoms with Gasteiger partial charge in [-0.15, -0.1) is 0 Å². The number of hydrazine groups is 1. The number of rotatable bonds is 3. The summed E-state index contributed by atoms with van der Waals surface area (Å²) in [7, 11) is 2.05. The Bertz CT molecular complexity index is 705. The van der Waals surface area contributed by atoms with Crippen molar-refractivity contribution in [2.45, 2.75) is 6.92 Å². The molecule has 0 radical (unpaired) electrons. The molecule has 22 heavy (non-hydrogen) atoms. The van der Waals surface area contributed by atoms with E-state index in [1.807, 2.05) is 43.6 Å². The fourth-order valence-electron chi connectivity index (χ4n) is 2.44. The van der Waals surface area contributed by atoms with E-state index >= 15 is 0 Å². The Kier molecular flexibility index (Phi) is 3.83. The molecule has 2 aromatic rings. The average molecular weight is 293 g/mol. The van der Waals surface area contributed by atoms with Crippen molar-refractivity contribution >= 4 is 11.9 Å². The first-order chi connectivity index (χ1) is 10.6. The lowest BCUT2D eigenvalue weighted by molar-refractivity contribution is 0.422. The molecule has 1 aliphatic rings. The summed E-state index contributed by atoms with van der Waals surface area (Å²) in [4.78, 5) is 4.62. The minimum atomic E-state index is 0.267. The monoisotopic (exact) mass is 293 g/mol. The molecule has 0 saturated heterocycles. The molecular formula is C18H19N3O. The molecule has 0 fully saturated rings. The second kappa shape index (κ2) is 5.93. The predicted molar refractivity (Wildman–Crippen MR) is 90.0 cm³/mol. The average Bonchev–Trinajstić information content (AvgIpc) is 2.83. The van der Waals surface area contributed by atoms with E-state index in [-0.39, 0.29) is 5.75 Å². The molecule has 0 spiro atoms. The molecule has 1 N–H and O–H groups in total. The highest BCUT2D eigenvalue weighted by Crippen LogP contribution is 2.27. The van der Waals surface area contributed by atoms with Gasteiger partial charge in [-0.2, -0.15) is 0 Å². The number of allylic oxidation sites excluding steroid dienone is 1. The lowest BCUT2D eigenvalue weighted by atomic mass is 10.2. The van der Waals surface area contributed by atoms with E-state index in [1.165, 1.54) is 0 Å². The van der Waals surface area contributed by atoms with Crippen molar-refractivity contribution in [2.75, 3.05) is 18.6 Å². The van der Waals surface area contributed by atoms with Crippen LogP contribution in [0, 0.1) is 0 Å². The van der Waals surface area contributed by atoms with Crippen LogP contribution in [0.5, 0.6) is 5.75 Å². The van der Waals surface area contributed by atoms with Crippen molar-refractivity contribution in [1.82, 2.24) is 5.01 Å². The quantitative estimate of drug-likeness (QED) is 0.881. The van der Waals surface area contributed by atoms with Gasteiger partial charge in [0.1, 0.15) is 5.75 Å². The SMILES string of the molecule is CC1=C(N=Cc2ccc(O)cc2)CN(c2ccccc2)N1C. The van der Waals surface area contributed by atoms with Crippen LogP contribution < -0.4 is 5.01 Å². The van der Waals surface area contributed by atoms with Gasteiger partial charge in [-0.05, 0) is 48.9 Å². The van der Waals surface area contributed by atoms with Gasteiger partial charge in [0.05, 0.1) is 23.6 Å². The summed E-state index contributed by atoms with van der Waals surface area (Å²) in [5.41, 5.74) is 4.30. The molecule has 0 atom stereocenters. The molecule has 4 nitrogen and oxygen atoms in total. The van der Waals surface area contributed by atoms with E-state index in [4.69, 9.17) is 0 Å². The maximum absolute atomic E-state index is 9.31. The van der Waals surface area contributed by atoms with E-state index < -0.39 is 0 Å². The number of aromatic hydroxyl groups is 1. The summed E-state index contributed by atoms with van der Waals surface area (Å²) in [6.45, 7) is 2.83. The van der Waals surface area contributed by atoms with Crippen molar-refractivity contribution in [1.29, 1.82) is 0 Å². The molecule has 2 aromatic carbocycles. The van der Waals surface area contributed by atoms with Crippen LogP contribution in [-0.2, 0) is 0 Å². The van der Waals surface area contributed by atoms with Crippen LogP contribution in [0.1, 0.15) is 12.5 Å². The zero-order chi connectivity index (χ0) is 15.5. The van der Waals surface area contributed by atoms with Crippen molar-refractivity contribution < 1.29 is 5.11 Å². The normalized spacial score (nSPS) is 15.2. The number of hydrogen-bond donors (Lipinski definition) is 1. The molecule has 0 aromatic heterocycles. The number of aliphatic imine (C=N–C) groups is 1. The summed E-state index contributed by atoms with van der Waals surface area (Å²) >= 11 is 0. The predicted octanol–water partition coefficient (Wildman–Crippen LogP) is 3.41. The van der Waals surface area contributed by atoms with E-state index in [1.54, 1.807) is 12.1 Å². The van der Waals surface area contributed by atoms with Crippen LogP contribution in [0.4, 0.5) is 5.69 Å². The molecule has 0 saturated carbocycles. The lowest BCUT2D eigenvalue weighted by Crippen LogP contribution is -2.33. The van der Waals surface area contributed by atoms with Gasteiger partial charge in [-0.25, -0.2) is 0 Å². The largest absolute Gasteiger partial charge is 0.508 e. The minimum Gasteiger partial charge on any atom is -0.508 e. The van der Waals surface area contributed by atoms with Crippen molar-refractivity contribution in [3.63, 3.8) is 0 Å². The topological polar surface area (TPSA) is 39.1 Å². The molecule has 0 unspecified atom stereocenters. The number of benzene rings is 2. The number of anilines is 1. The van der Waals surface area contributed by atoms with E-state index in [9.17, 15) is 5.11 Å². The molecule has 0 bridgehead atoms. The van der Waals surface area contributed by atoms with Gasteiger partial charge in [0.15, 0.2) is 0 Å². The van der Waals surface area contributed by atoms with Crippen LogP contribution in [0.3, 0.4) is 0 Å². The van der Waals surface area contributed by atoms with Crippen LogP contribution in [0.25, 0.3) is 0 Å². The Morgan fingerprint density at radius 2 is 1.73 bits per heavy atom. The summed E-state index contributed by atoms with van der Waals surface area (Å²) in [5, 5.41) is 13.6. The highest BCUT2D eigenvalue weighted by Gasteiger charge is 2.24. The molecule has 0 amide bonds. The summed E-state index contributed by atoms with van der Waals surface area (Å²) in [5.74, 6) is 0.267. The van der Waals surface area contributed by atoms with Gasteiger partial charge < -0.3 is 5.11 Å². The third-order valence-corrected chi connectivity index (χ3v) is 3.88. The Hall–Kier alpha value is -2.75. The van der Waals surface area contributed by atoms with Crippen LogP contribution in [0.15, 0.2) is 71.0 Å². The van der Waals surface area contributed by atoms with Gasteiger partial charge in [0, 0.05) is 13.3 Å². The maximum Gasteiger partial charge on any atom is 0.115 e. The number of phenols is 1. The van der Waals surface area contributed by atoms with Crippen molar-refractivity contribution in [3.05, 3.63) is 71.6 Å².